The van der Waals surface area contributed by atoms with E-state index in [-0.39, 0.29) is 12.1 Å². The first kappa shape index (κ1) is 10.7. The summed E-state index contributed by atoms with van der Waals surface area (Å²) in [7, 11) is 0. The Bertz CT molecular complexity index is 389. The summed E-state index contributed by atoms with van der Waals surface area (Å²) in [6.07, 6.45) is 2.64. The molecule has 1 aromatic carbocycles. The molecule has 1 atom stereocenters. The Morgan fingerprint density at radius 1 is 1.50 bits per heavy atom. The van der Waals surface area contributed by atoms with E-state index in [0.717, 1.165) is 12.0 Å². The predicted molar refractivity (Wildman–Crippen MR) is 63.4 cm³/mol. The third kappa shape index (κ3) is 2.39. The molecule has 0 aromatic heterocycles. The number of carbonyl (C=O) groups is 1. The molecule has 1 unspecified atom stereocenters. The van der Waals surface area contributed by atoms with Crippen molar-refractivity contribution >= 4 is 12.2 Å². The van der Waals surface area contributed by atoms with Crippen LogP contribution in [0, 0.1) is 0 Å². The molecule has 0 bridgehead atoms. The lowest BCUT2D eigenvalue weighted by Crippen LogP contribution is -2.26. The SMILES string of the molecule is CCC1CN(N=Cc2ccccc2)C(=O)N1. The topological polar surface area (TPSA) is 44.7 Å². The molecule has 0 radical (unpaired) electrons. The van der Waals surface area contributed by atoms with Crippen LogP contribution in [0.5, 0.6) is 0 Å². The number of hydrogen-bond acceptors (Lipinski definition) is 2. The third-order valence-corrected chi connectivity index (χ3v) is 2.59. The van der Waals surface area contributed by atoms with Gasteiger partial charge in [0, 0.05) is 0 Å². The van der Waals surface area contributed by atoms with Crippen molar-refractivity contribution in [1.29, 1.82) is 0 Å². The van der Waals surface area contributed by atoms with E-state index < -0.39 is 0 Å². The van der Waals surface area contributed by atoms with Crippen molar-refractivity contribution in [2.24, 2.45) is 5.10 Å². The fourth-order valence-electron chi connectivity index (χ4n) is 1.59. The molecule has 1 aromatic rings. The highest BCUT2D eigenvalue weighted by Crippen LogP contribution is 2.07. The highest BCUT2D eigenvalue weighted by Gasteiger charge is 2.26. The van der Waals surface area contributed by atoms with Gasteiger partial charge in [0.25, 0.3) is 0 Å². The normalized spacial score (nSPS) is 20.4. The van der Waals surface area contributed by atoms with E-state index in [2.05, 4.69) is 17.3 Å². The number of nitrogens with zero attached hydrogens (tertiary/aromatic N) is 2. The Kier molecular flexibility index (Phi) is 3.19. The first-order chi connectivity index (χ1) is 7.79. The van der Waals surface area contributed by atoms with Gasteiger partial charge in [0.05, 0.1) is 18.8 Å². The molecular formula is C12H15N3O. The van der Waals surface area contributed by atoms with Crippen LogP contribution >= 0.6 is 0 Å². The Morgan fingerprint density at radius 3 is 2.88 bits per heavy atom. The maximum Gasteiger partial charge on any atom is 0.338 e. The molecule has 1 aliphatic rings. The van der Waals surface area contributed by atoms with Gasteiger partial charge in [-0.25, -0.2) is 9.80 Å². The van der Waals surface area contributed by atoms with Gasteiger partial charge >= 0.3 is 6.03 Å². The molecule has 1 N–H and O–H groups in total. The lowest BCUT2D eigenvalue weighted by Gasteiger charge is -2.06. The van der Waals surface area contributed by atoms with Crippen LogP contribution < -0.4 is 5.32 Å². The second-order valence-corrected chi connectivity index (χ2v) is 3.79. The fourth-order valence-corrected chi connectivity index (χ4v) is 1.59. The van der Waals surface area contributed by atoms with Gasteiger partial charge in [0.2, 0.25) is 0 Å². The summed E-state index contributed by atoms with van der Waals surface area (Å²) >= 11 is 0. The van der Waals surface area contributed by atoms with E-state index in [1.54, 1.807) is 6.21 Å². The minimum Gasteiger partial charge on any atom is -0.332 e. The lowest BCUT2D eigenvalue weighted by molar-refractivity contribution is 0.219. The van der Waals surface area contributed by atoms with Crippen LogP contribution in [0.25, 0.3) is 0 Å². The zero-order chi connectivity index (χ0) is 11.4. The molecule has 0 saturated carbocycles. The molecular weight excluding hydrogens is 202 g/mol. The minimum absolute atomic E-state index is 0.112. The van der Waals surface area contributed by atoms with E-state index in [0.29, 0.717) is 6.54 Å². The van der Waals surface area contributed by atoms with Crippen LogP contribution in [0.3, 0.4) is 0 Å². The Labute approximate surface area is 95.0 Å². The number of hydrogen-bond donors (Lipinski definition) is 1. The number of carbonyl (C=O) groups excluding carboxylic acids is 1. The quantitative estimate of drug-likeness (QED) is 0.771. The summed E-state index contributed by atoms with van der Waals surface area (Å²) in [5.74, 6) is 0. The van der Waals surface area contributed by atoms with Gasteiger partial charge in [-0.3, -0.25) is 0 Å². The molecule has 1 fully saturated rings. The summed E-state index contributed by atoms with van der Waals surface area (Å²) < 4.78 is 0. The highest BCUT2D eigenvalue weighted by atomic mass is 16.2. The van der Waals surface area contributed by atoms with E-state index in [1.807, 2.05) is 30.3 Å². The maximum absolute atomic E-state index is 11.5. The van der Waals surface area contributed by atoms with E-state index in [4.69, 9.17) is 0 Å². The van der Waals surface area contributed by atoms with Crippen LogP contribution in [-0.4, -0.2) is 29.8 Å². The molecule has 2 rings (SSSR count). The predicted octanol–water partition coefficient (Wildman–Crippen LogP) is 1.82. The second-order valence-electron chi connectivity index (χ2n) is 3.79. The Hall–Kier alpha value is -1.84. The summed E-state index contributed by atoms with van der Waals surface area (Å²) in [4.78, 5) is 11.5. The van der Waals surface area contributed by atoms with Gasteiger partial charge < -0.3 is 5.32 Å². The number of rotatable bonds is 3. The molecule has 2 amide bonds. The average Bonchev–Trinajstić information content (AvgIpc) is 2.69. The maximum atomic E-state index is 11.5. The first-order valence-electron chi connectivity index (χ1n) is 5.46. The van der Waals surface area contributed by atoms with Crippen molar-refractivity contribution in [3.8, 4) is 0 Å². The molecule has 1 aliphatic heterocycles. The number of amides is 2. The largest absolute Gasteiger partial charge is 0.338 e. The average molecular weight is 217 g/mol. The molecule has 1 saturated heterocycles. The van der Waals surface area contributed by atoms with E-state index in [1.165, 1.54) is 5.01 Å². The molecule has 16 heavy (non-hydrogen) atoms. The van der Waals surface area contributed by atoms with Gasteiger partial charge in [-0.1, -0.05) is 37.3 Å². The summed E-state index contributed by atoms with van der Waals surface area (Å²) in [6.45, 7) is 2.70. The summed E-state index contributed by atoms with van der Waals surface area (Å²) in [6, 6.07) is 9.86. The third-order valence-electron chi connectivity index (χ3n) is 2.59. The minimum atomic E-state index is -0.112. The van der Waals surface area contributed by atoms with Gasteiger partial charge in [-0.15, -0.1) is 0 Å². The van der Waals surface area contributed by atoms with Crippen molar-refractivity contribution in [2.75, 3.05) is 6.54 Å². The molecule has 0 aliphatic carbocycles. The van der Waals surface area contributed by atoms with Crippen LogP contribution in [0.2, 0.25) is 0 Å². The van der Waals surface area contributed by atoms with Crippen molar-refractivity contribution in [3.05, 3.63) is 35.9 Å². The van der Waals surface area contributed by atoms with Crippen molar-refractivity contribution in [1.82, 2.24) is 10.3 Å². The second kappa shape index (κ2) is 4.79. The number of hydrazone groups is 1. The standard InChI is InChI=1S/C12H15N3O/c1-2-11-9-15(12(16)14-11)13-8-10-6-4-3-5-7-10/h3-8,11H,2,9H2,1H3,(H,14,16). The highest BCUT2D eigenvalue weighted by molar-refractivity contribution is 5.82. The summed E-state index contributed by atoms with van der Waals surface area (Å²) in [5, 5.41) is 8.51. The van der Waals surface area contributed by atoms with Gasteiger partial charge in [-0.05, 0) is 12.0 Å². The number of urea groups is 1. The number of benzene rings is 1. The van der Waals surface area contributed by atoms with Crippen molar-refractivity contribution in [3.63, 3.8) is 0 Å². The zero-order valence-electron chi connectivity index (χ0n) is 9.26. The molecule has 4 nitrogen and oxygen atoms in total. The molecule has 84 valence electrons. The lowest BCUT2D eigenvalue weighted by atomic mass is 10.2. The van der Waals surface area contributed by atoms with Crippen molar-refractivity contribution in [2.45, 2.75) is 19.4 Å². The van der Waals surface area contributed by atoms with Gasteiger partial charge in [0.15, 0.2) is 0 Å². The van der Waals surface area contributed by atoms with E-state index in [9.17, 15) is 4.79 Å². The van der Waals surface area contributed by atoms with Crippen LogP contribution in [0.1, 0.15) is 18.9 Å². The summed E-state index contributed by atoms with van der Waals surface area (Å²) in [5.41, 5.74) is 0.996. The van der Waals surface area contributed by atoms with Crippen LogP contribution in [0.15, 0.2) is 35.4 Å². The van der Waals surface area contributed by atoms with Gasteiger partial charge in [0.1, 0.15) is 0 Å². The molecule has 0 spiro atoms. The van der Waals surface area contributed by atoms with Crippen molar-refractivity contribution < 1.29 is 4.79 Å². The molecule has 4 heteroatoms. The smallest absolute Gasteiger partial charge is 0.332 e. The Balaban J connectivity index is 2.00. The van der Waals surface area contributed by atoms with Crippen LogP contribution in [-0.2, 0) is 0 Å². The fraction of sp³-hybridized carbons (Fsp3) is 0.333. The Morgan fingerprint density at radius 2 is 2.25 bits per heavy atom. The first-order valence-corrected chi connectivity index (χ1v) is 5.46. The number of nitrogens with one attached hydrogen (secondary N) is 1. The van der Waals surface area contributed by atoms with Crippen LogP contribution in [0.4, 0.5) is 4.79 Å². The zero-order valence-corrected chi connectivity index (χ0v) is 9.26. The van der Waals surface area contributed by atoms with Gasteiger partial charge in [-0.2, -0.15) is 5.10 Å². The molecule has 1 heterocycles. The monoisotopic (exact) mass is 217 g/mol. The van der Waals surface area contributed by atoms with E-state index >= 15 is 0 Å².